The molecule has 138 valence electrons. The zero-order valence-electron chi connectivity index (χ0n) is 15.6. The summed E-state index contributed by atoms with van der Waals surface area (Å²) in [7, 11) is 0. The van der Waals surface area contributed by atoms with Crippen LogP contribution in [0.3, 0.4) is 0 Å². The van der Waals surface area contributed by atoms with Crippen LogP contribution in [0.2, 0.25) is 0 Å². The van der Waals surface area contributed by atoms with E-state index in [2.05, 4.69) is 35.4 Å². The number of aryl methyl sites for hydroxylation is 2. The predicted molar refractivity (Wildman–Crippen MR) is 112 cm³/mol. The summed E-state index contributed by atoms with van der Waals surface area (Å²) in [6, 6.07) is 6.48. The summed E-state index contributed by atoms with van der Waals surface area (Å²) >= 11 is 1.82. The second kappa shape index (κ2) is 7.89. The lowest BCUT2D eigenvalue weighted by atomic mass is 9.90. The number of nitrogens with two attached hydrogens (primary N) is 1. The maximum atomic E-state index is 6.23. The van der Waals surface area contributed by atoms with Crippen LogP contribution in [0.25, 0.3) is 21.1 Å². The molecule has 1 fully saturated rings. The number of piperidine rings is 1. The molecule has 0 unspecified atom stereocenters. The molecule has 1 aliphatic heterocycles. The predicted octanol–water partition coefficient (Wildman–Crippen LogP) is 4.70. The smallest absolute Gasteiger partial charge is 0.151 e. The normalized spacial score (nSPS) is 15.9. The molecule has 1 aromatic carbocycles. The number of thiazole rings is 1. The largest absolute Gasteiger partial charge is 0.382 e. The van der Waals surface area contributed by atoms with E-state index in [1.807, 2.05) is 11.3 Å². The zero-order chi connectivity index (χ0) is 17.9. The summed E-state index contributed by atoms with van der Waals surface area (Å²) in [6.07, 6.45) is 8.37. The van der Waals surface area contributed by atoms with E-state index in [4.69, 9.17) is 10.7 Å². The van der Waals surface area contributed by atoms with Crippen molar-refractivity contribution in [3.05, 3.63) is 28.8 Å². The molecule has 0 radical (unpaired) electrons. The Kier molecular flexibility index (Phi) is 5.36. The summed E-state index contributed by atoms with van der Waals surface area (Å²) in [4.78, 5) is 9.48. The SMILES string of the molecule is CCCCc1nc2c(N)nc3cccc(CCC4CCNCC4)c3c2s1. The minimum atomic E-state index is 0.571. The van der Waals surface area contributed by atoms with Gasteiger partial charge in [0, 0.05) is 5.39 Å². The van der Waals surface area contributed by atoms with Crippen molar-refractivity contribution < 1.29 is 0 Å². The van der Waals surface area contributed by atoms with E-state index < -0.39 is 0 Å². The van der Waals surface area contributed by atoms with E-state index in [1.54, 1.807) is 0 Å². The Morgan fingerprint density at radius 2 is 2.04 bits per heavy atom. The molecule has 0 aliphatic carbocycles. The molecular formula is C21H28N4S. The fraction of sp³-hybridized carbons (Fsp3) is 0.524. The Hall–Kier alpha value is -1.72. The van der Waals surface area contributed by atoms with Crippen molar-refractivity contribution >= 4 is 38.3 Å². The van der Waals surface area contributed by atoms with Gasteiger partial charge in [-0.25, -0.2) is 9.97 Å². The van der Waals surface area contributed by atoms with Gasteiger partial charge in [-0.05, 0) is 69.2 Å². The number of aromatic nitrogens is 2. The Morgan fingerprint density at radius 1 is 1.19 bits per heavy atom. The molecule has 3 N–H and O–H groups in total. The Balaban J connectivity index is 1.71. The van der Waals surface area contributed by atoms with E-state index in [9.17, 15) is 0 Å². The number of nitrogen functional groups attached to an aromatic ring is 1. The molecule has 5 heteroatoms. The maximum absolute atomic E-state index is 6.23. The summed E-state index contributed by atoms with van der Waals surface area (Å²) in [6.45, 7) is 4.55. The van der Waals surface area contributed by atoms with Crippen LogP contribution in [0.15, 0.2) is 18.2 Å². The number of pyridine rings is 1. The summed E-state index contributed by atoms with van der Waals surface area (Å²) in [5.74, 6) is 1.41. The standard InChI is InChI=1S/C21H28N4S/c1-2-3-7-17-25-19-20(26-17)18-15(5-4-6-16(18)24-21(19)22)9-8-14-10-12-23-13-11-14/h4-6,14,23H,2-3,7-13H2,1H3,(H2,22,24). The first-order chi connectivity index (χ1) is 12.8. The third-order valence-corrected chi connectivity index (χ3v) is 6.67. The van der Waals surface area contributed by atoms with Gasteiger partial charge in [-0.3, -0.25) is 0 Å². The number of hydrogen-bond acceptors (Lipinski definition) is 5. The van der Waals surface area contributed by atoms with Gasteiger partial charge >= 0.3 is 0 Å². The third-order valence-electron chi connectivity index (χ3n) is 5.54. The van der Waals surface area contributed by atoms with Gasteiger partial charge in [0.15, 0.2) is 5.82 Å². The number of hydrogen-bond donors (Lipinski definition) is 2. The Bertz CT molecular complexity index is 896. The highest BCUT2D eigenvalue weighted by Crippen LogP contribution is 2.35. The molecule has 2 aromatic heterocycles. The minimum absolute atomic E-state index is 0.571. The molecule has 1 saturated heterocycles. The average Bonchev–Trinajstić information content (AvgIpc) is 3.10. The maximum Gasteiger partial charge on any atom is 0.151 e. The van der Waals surface area contributed by atoms with Crippen LogP contribution in [0, 0.1) is 5.92 Å². The van der Waals surface area contributed by atoms with E-state index in [0.717, 1.165) is 42.9 Å². The fourth-order valence-corrected chi connectivity index (χ4v) is 5.21. The van der Waals surface area contributed by atoms with Crippen molar-refractivity contribution in [3.63, 3.8) is 0 Å². The first-order valence-electron chi connectivity index (χ1n) is 9.93. The topological polar surface area (TPSA) is 63.8 Å². The van der Waals surface area contributed by atoms with Crippen molar-refractivity contribution in [3.8, 4) is 0 Å². The molecule has 1 aliphatic rings. The molecule has 0 bridgehead atoms. The molecule has 3 aromatic rings. The number of rotatable bonds is 6. The number of fused-ring (bicyclic) bond motifs is 3. The van der Waals surface area contributed by atoms with Gasteiger partial charge in [0.25, 0.3) is 0 Å². The number of unbranched alkanes of at least 4 members (excludes halogenated alkanes) is 1. The van der Waals surface area contributed by atoms with Gasteiger partial charge in [-0.1, -0.05) is 25.5 Å². The second-order valence-corrected chi connectivity index (χ2v) is 8.51. The number of nitrogens with one attached hydrogen (secondary N) is 1. The number of nitrogens with zero attached hydrogens (tertiary/aromatic N) is 2. The highest BCUT2D eigenvalue weighted by molar-refractivity contribution is 7.19. The summed E-state index contributed by atoms with van der Waals surface area (Å²) < 4.78 is 1.24. The van der Waals surface area contributed by atoms with Crippen LogP contribution in [0.4, 0.5) is 5.82 Å². The van der Waals surface area contributed by atoms with E-state index in [1.165, 1.54) is 52.8 Å². The van der Waals surface area contributed by atoms with Crippen LogP contribution >= 0.6 is 11.3 Å². The van der Waals surface area contributed by atoms with Crippen molar-refractivity contribution in [1.82, 2.24) is 15.3 Å². The van der Waals surface area contributed by atoms with Crippen molar-refractivity contribution in [2.24, 2.45) is 5.92 Å². The second-order valence-electron chi connectivity index (χ2n) is 7.43. The average molecular weight is 369 g/mol. The summed E-state index contributed by atoms with van der Waals surface area (Å²) in [5.41, 5.74) is 9.56. The number of benzene rings is 1. The van der Waals surface area contributed by atoms with Gasteiger partial charge in [0.05, 0.1) is 15.2 Å². The lowest BCUT2D eigenvalue weighted by Gasteiger charge is -2.22. The molecule has 3 heterocycles. The first-order valence-corrected chi connectivity index (χ1v) is 10.7. The molecular weight excluding hydrogens is 340 g/mol. The van der Waals surface area contributed by atoms with Crippen molar-refractivity contribution in [2.75, 3.05) is 18.8 Å². The van der Waals surface area contributed by atoms with Crippen molar-refractivity contribution in [2.45, 2.75) is 51.9 Å². The Morgan fingerprint density at radius 3 is 2.85 bits per heavy atom. The zero-order valence-corrected chi connectivity index (χ0v) is 16.4. The van der Waals surface area contributed by atoms with Gasteiger partial charge in [0.1, 0.15) is 5.52 Å². The molecule has 0 atom stereocenters. The van der Waals surface area contributed by atoms with Gasteiger partial charge in [0.2, 0.25) is 0 Å². The molecule has 26 heavy (non-hydrogen) atoms. The first kappa shape index (κ1) is 17.7. The highest BCUT2D eigenvalue weighted by Gasteiger charge is 2.17. The number of anilines is 1. The Labute approximate surface area is 159 Å². The lowest BCUT2D eigenvalue weighted by molar-refractivity contribution is 0.354. The fourth-order valence-electron chi connectivity index (χ4n) is 4.01. The van der Waals surface area contributed by atoms with Gasteiger partial charge in [-0.2, -0.15) is 0 Å². The van der Waals surface area contributed by atoms with Crippen LogP contribution in [0.1, 0.15) is 49.6 Å². The summed E-state index contributed by atoms with van der Waals surface area (Å²) in [5, 5.41) is 5.94. The minimum Gasteiger partial charge on any atom is -0.382 e. The third kappa shape index (κ3) is 3.55. The van der Waals surface area contributed by atoms with Gasteiger partial charge in [-0.15, -0.1) is 11.3 Å². The van der Waals surface area contributed by atoms with E-state index in [0.29, 0.717) is 5.82 Å². The van der Waals surface area contributed by atoms with Crippen LogP contribution in [-0.4, -0.2) is 23.1 Å². The monoisotopic (exact) mass is 368 g/mol. The quantitative estimate of drug-likeness (QED) is 0.662. The highest BCUT2D eigenvalue weighted by atomic mass is 32.1. The van der Waals surface area contributed by atoms with Crippen LogP contribution in [0.5, 0.6) is 0 Å². The molecule has 0 saturated carbocycles. The van der Waals surface area contributed by atoms with Gasteiger partial charge < -0.3 is 11.1 Å². The molecule has 4 nitrogen and oxygen atoms in total. The van der Waals surface area contributed by atoms with Crippen LogP contribution < -0.4 is 11.1 Å². The van der Waals surface area contributed by atoms with E-state index >= 15 is 0 Å². The molecule has 0 spiro atoms. The molecule has 4 rings (SSSR count). The molecule has 0 amide bonds. The van der Waals surface area contributed by atoms with E-state index in [-0.39, 0.29) is 0 Å². The lowest BCUT2D eigenvalue weighted by Crippen LogP contribution is -2.27. The van der Waals surface area contributed by atoms with Crippen molar-refractivity contribution in [1.29, 1.82) is 0 Å². The van der Waals surface area contributed by atoms with Crippen LogP contribution in [-0.2, 0) is 12.8 Å².